The summed E-state index contributed by atoms with van der Waals surface area (Å²) in [7, 11) is 0. The first-order valence-corrected chi connectivity index (χ1v) is 5.93. The second-order valence-corrected chi connectivity index (χ2v) is 4.93. The van der Waals surface area contributed by atoms with Crippen molar-refractivity contribution in [3.8, 4) is 17.9 Å². The molecule has 0 aliphatic carbocycles. The van der Waals surface area contributed by atoms with Crippen LogP contribution in [0.3, 0.4) is 0 Å². The lowest BCUT2D eigenvalue weighted by molar-refractivity contribution is 0.0535. The molecule has 20 heavy (non-hydrogen) atoms. The Labute approximate surface area is 117 Å². The van der Waals surface area contributed by atoms with E-state index in [1.54, 1.807) is 26.8 Å². The topological polar surface area (TPSA) is 101 Å². The molecule has 1 heterocycles. The number of anilines is 1. The highest BCUT2D eigenvalue weighted by molar-refractivity contribution is 5.68. The Bertz CT molecular complexity index is 600. The van der Waals surface area contributed by atoms with Gasteiger partial charge in [0.1, 0.15) is 17.5 Å². The van der Waals surface area contributed by atoms with E-state index in [4.69, 9.17) is 15.7 Å². The molecule has 104 valence electrons. The van der Waals surface area contributed by atoms with E-state index in [0.29, 0.717) is 5.56 Å². The van der Waals surface area contributed by atoms with E-state index in [1.165, 1.54) is 6.20 Å². The fourth-order valence-electron chi connectivity index (χ4n) is 1.21. The van der Waals surface area contributed by atoms with Crippen LogP contribution in [0, 0.1) is 23.2 Å². The van der Waals surface area contributed by atoms with Crippen LogP contribution in [-0.2, 0) is 4.74 Å². The van der Waals surface area contributed by atoms with Gasteiger partial charge in [0.15, 0.2) is 0 Å². The minimum absolute atomic E-state index is 0.140. The predicted molar refractivity (Wildman–Crippen MR) is 74.5 cm³/mol. The second-order valence-electron chi connectivity index (χ2n) is 4.93. The number of nitrogens with zero attached hydrogens (tertiary/aromatic N) is 2. The first kappa shape index (κ1) is 15.3. The van der Waals surface area contributed by atoms with Crippen LogP contribution in [0.15, 0.2) is 12.3 Å². The van der Waals surface area contributed by atoms with Crippen molar-refractivity contribution < 1.29 is 9.53 Å². The molecule has 6 nitrogen and oxygen atoms in total. The smallest absolute Gasteiger partial charge is 0.408 e. The SMILES string of the molecule is CC(C)(C)OC(=O)NCC#Cc1cnc(N)c(C#N)c1. The number of pyridine rings is 1. The third-order valence-electron chi connectivity index (χ3n) is 1.99. The molecule has 1 rings (SSSR count). The number of ether oxygens (including phenoxy) is 1. The molecule has 0 fully saturated rings. The number of nitrogens with one attached hydrogen (secondary N) is 1. The van der Waals surface area contributed by atoms with E-state index >= 15 is 0 Å². The third kappa shape index (κ3) is 5.28. The van der Waals surface area contributed by atoms with Gasteiger partial charge in [-0.2, -0.15) is 5.26 Å². The zero-order valence-electron chi connectivity index (χ0n) is 11.7. The molecule has 0 aliphatic rings. The van der Waals surface area contributed by atoms with Crippen molar-refractivity contribution in [1.82, 2.24) is 10.3 Å². The fourth-order valence-corrected chi connectivity index (χ4v) is 1.21. The van der Waals surface area contributed by atoms with E-state index < -0.39 is 11.7 Å². The van der Waals surface area contributed by atoms with Gasteiger partial charge in [-0.25, -0.2) is 9.78 Å². The van der Waals surface area contributed by atoms with Crippen molar-refractivity contribution in [3.63, 3.8) is 0 Å². The molecule has 0 saturated carbocycles. The summed E-state index contributed by atoms with van der Waals surface area (Å²) in [5.41, 5.74) is 5.79. The summed E-state index contributed by atoms with van der Waals surface area (Å²) in [6.45, 7) is 5.48. The summed E-state index contributed by atoms with van der Waals surface area (Å²) in [6.07, 6.45) is 0.941. The van der Waals surface area contributed by atoms with Gasteiger partial charge >= 0.3 is 6.09 Å². The normalized spacial score (nSPS) is 9.90. The van der Waals surface area contributed by atoms with Crippen molar-refractivity contribution >= 4 is 11.9 Å². The summed E-state index contributed by atoms with van der Waals surface area (Å²) >= 11 is 0. The number of amides is 1. The monoisotopic (exact) mass is 272 g/mol. The molecule has 0 unspecified atom stereocenters. The van der Waals surface area contributed by atoms with Gasteiger partial charge in [0.05, 0.1) is 12.1 Å². The first-order chi connectivity index (χ1) is 9.31. The Balaban J connectivity index is 2.56. The van der Waals surface area contributed by atoms with E-state index in [9.17, 15) is 4.79 Å². The molecule has 0 spiro atoms. The molecule has 0 saturated heterocycles. The molecule has 0 aromatic carbocycles. The molecule has 1 aromatic rings. The number of hydrogen-bond acceptors (Lipinski definition) is 5. The van der Waals surface area contributed by atoms with E-state index in [1.807, 2.05) is 6.07 Å². The lowest BCUT2D eigenvalue weighted by Gasteiger charge is -2.18. The fraction of sp³-hybridized carbons (Fsp3) is 0.357. The van der Waals surface area contributed by atoms with Gasteiger partial charge in [0.2, 0.25) is 0 Å². The molecule has 6 heteroatoms. The quantitative estimate of drug-likeness (QED) is 0.753. The van der Waals surface area contributed by atoms with Gasteiger partial charge in [0.25, 0.3) is 0 Å². The largest absolute Gasteiger partial charge is 0.444 e. The zero-order valence-corrected chi connectivity index (χ0v) is 11.7. The molecular weight excluding hydrogens is 256 g/mol. The van der Waals surface area contributed by atoms with Crippen molar-refractivity contribution in [3.05, 3.63) is 23.4 Å². The highest BCUT2D eigenvalue weighted by Crippen LogP contribution is 2.08. The highest BCUT2D eigenvalue weighted by Gasteiger charge is 2.14. The Morgan fingerprint density at radius 2 is 2.25 bits per heavy atom. The number of carbonyl (C=O) groups excluding carboxylic acids is 1. The molecule has 3 N–H and O–H groups in total. The van der Waals surface area contributed by atoms with Crippen LogP contribution in [0.5, 0.6) is 0 Å². The first-order valence-electron chi connectivity index (χ1n) is 5.93. The Kier molecular flexibility index (Phi) is 4.94. The number of hydrogen-bond donors (Lipinski definition) is 2. The minimum atomic E-state index is -0.542. The maximum absolute atomic E-state index is 11.3. The molecule has 0 radical (unpaired) electrons. The summed E-state index contributed by atoms with van der Waals surface area (Å²) in [5, 5.41) is 11.3. The number of nitriles is 1. The van der Waals surface area contributed by atoms with Gasteiger partial charge in [-0.15, -0.1) is 0 Å². The van der Waals surface area contributed by atoms with Crippen molar-refractivity contribution in [2.24, 2.45) is 0 Å². The number of alkyl carbamates (subject to hydrolysis) is 1. The molecule has 0 bridgehead atoms. The van der Waals surface area contributed by atoms with E-state index in [-0.39, 0.29) is 17.9 Å². The average molecular weight is 272 g/mol. The molecular formula is C14H16N4O2. The van der Waals surface area contributed by atoms with Crippen molar-refractivity contribution in [2.45, 2.75) is 26.4 Å². The summed E-state index contributed by atoms with van der Waals surface area (Å²) in [4.78, 5) is 15.2. The number of carbonyl (C=O) groups is 1. The third-order valence-corrected chi connectivity index (χ3v) is 1.99. The van der Waals surface area contributed by atoms with Crippen molar-refractivity contribution in [2.75, 3.05) is 12.3 Å². The lowest BCUT2D eigenvalue weighted by Crippen LogP contribution is -2.32. The van der Waals surface area contributed by atoms with Gasteiger partial charge in [-0.05, 0) is 26.8 Å². The average Bonchev–Trinajstić information content (AvgIpc) is 2.34. The number of rotatable bonds is 1. The molecule has 1 aromatic heterocycles. The second kappa shape index (κ2) is 6.44. The van der Waals surface area contributed by atoms with E-state index in [2.05, 4.69) is 22.1 Å². The predicted octanol–water partition coefficient (Wildman–Crippen LogP) is 1.41. The number of nitrogen functional groups attached to an aromatic ring is 1. The van der Waals surface area contributed by atoms with Crippen LogP contribution in [0.1, 0.15) is 31.9 Å². The molecule has 0 aliphatic heterocycles. The standard InChI is InChI=1S/C14H16N4O2/c1-14(2,3)20-13(19)17-6-4-5-10-7-11(8-15)12(16)18-9-10/h7,9H,6H2,1-3H3,(H2,16,18)(H,17,19). The lowest BCUT2D eigenvalue weighted by atomic mass is 10.2. The van der Waals surface area contributed by atoms with Crippen LogP contribution in [0.2, 0.25) is 0 Å². The van der Waals surface area contributed by atoms with Gasteiger partial charge in [-0.1, -0.05) is 11.8 Å². The van der Waals surface area contributed by atoms with Gasteiger partial charge in [0, 0.05) is 11.8 Å². The molecule has 1 amide bonds. The zero-order chi connectivity index (χ0) is 15.2. The Morgan fingerprint density at radius 1 is 1.55 bits per heavy atom. The van der Waals surface area contributed by atoms with Crippen LogP contribution in [0.25, 0.3) is 0 Å². The maximum Gasteiger partial charge on any atom is 0.408 e. The van der Waals surface area contributed by atoms with Crippen LogP contribution < -0.4 is 11.1 Å². The highest BCUT2D eigenvalue weighted by atomic mass is 16.6. The summed E-state index contributed by atoms with van der Waals surface area (Å²) < 4.78 is 5.05. The van der Waals surface area contributed by atoms with Crippen LogP contribution >= 0.6 is 0 Å². The molecule has 0 atom stereocenters. The van der Waals surface area contributed by atoms with E-state index in [0.717, 1.165) is 0 Å². The number of aromatic nitrogens is 1. The van der Waals surface area contributed by atoms with Gasteiger partial charge < -0.3 is 15.8 Å². The summed E-state index contributed by atoms with van der Waals surface area (Å²) in [6, 6.07) is 3.47. The Hall–Kier alpha value is -2.73. The maximum atomic E-state index is 11.3. The Morgan fingerprint density at radius 3 is 2.85 bits per heavy atom. The minimum Gasteiger partial charge on any atom is -0.444 e. The van der Waals surface area contributed by atoms with Gasteiger partial charge in [-0.3, -0.25) is 0 Å². The van der Waals surface area contributed by atoms with Crippen molar-refractivity contribution in [1.29, 1.82) is 5.26 Å². The summed E-state index contributed by atoms with van der Waals surface area (Å²) in [5.74, 6) is 5.68. The van der Waals surface area contributed by atoms with Crippen LogP contribution in [-0.4, -0.2) is 23.2 Å². The van der Waals surface area contributed by atoms with Crippen LogP contribution in [0.4, 0.5) is 10.6 Å². The number of nitrogens with two attached hydrogens (primary N) is 1.